The van der Waals surface area contributed by atoms with Crippen LogP contribution < -0.4 is 4.74 Å². The largest absolute Gasteiger partial charge is 0.472 e. The maximum absolute atomic E-state index is 13.8. The number of amidine groups is 1. The minimum atomic E-state index is -0.332. The van der Waals surface area contributed by atoms with E-state index < -0.39 is 0 Å². The normalized spacial score (nSPS) is 13.5. The first kappa shape index (κ1) is 17.0. The molecule has 0 amide bonds. The van der Waals surface area contributed by atoms with Crippen LogP contribution in [0.4, 0.5) is 4.39 Å². The van der Waals surface area contributed by atoms with E-state index in [9.17, 15) is 9.60 Å². The summed E-state index contributed by atoms with van der Waals surface area (Å²) in [4.78, 5) is 6.21. The lowest BCUT2D eigenvalue weighted by Crippen LogP contribution is -2.27. The van der Waals surface area contributed by atoms with Gasteiger partial charge in [-0.25, -0.2) is 9.37 Å². The predicted molar refractivity (Wildman–Crippen MR) is 99.0 cm³/mol. The Labute approximate surface area is 156 Å². The molecule has 5 nitrogen and oxygen atoms in total. The van der Waals surface area contributed by atoms with Crippen molar-refractivity contribution in [3.05, 3.63) is 94.9 Å². The second kappa shape index (κ2) is 7.45. The van der Waals surface area contributed by atoms with Crippen molar-refractivity contribution in [2.75, 3.05) is 0 Å². The molecule has 2 heterocycles. The summed E-state index contributed by atoms with van der Waals surface area (Å²) in [6.45, 7) is 1.31. The summed E-state index contributed by atoms with van der Waals surface area (Å²) in [5, 5.41) is 13.2. The Balaban J connectivity index is 1.57. The molecule has 27 heavy (non-hydrogen) atoms. The second-order valence-corrected chi connectivity index (χ2v) is 6.28. The number of nitrogens with zero attached hydrogens (tertiary/aromatic N) is 3. The topological polar surface area (TPSA) is 58.0 Å². The minimum Gasteiger partial charge on any atom is -0.472 e. The van der Waals surface area contributed by atoms with Gasteiger partial charge in [-0.1, -0.05) is 47.6 Å². The molecule has 6 heteroatoms. The first-order valence-corrected chi connectivity index (χ1v) is 8.61. The third-order valence-electron chi connectivity index (χ3n) is 4.57. The number of ether oxygens (including phenoxy) is 1. The first-order valence-electron chi connectivity index (χ1n) is 8.61. The van der Waals surface area contributed by atoms with Crippen LogP contribution in [0.2, 0.25) is 0 Å². The molecule has 0 saturated heterocycles. The highest BCUT2D eigenvalue weighted by Gasteiger charge is 2.25. The van der Waals surface area contributed by atoms with Gasteiger partial charge in [0, 0.05) is 24.8 Å². The predicted octanol–water partition coefficient (Wildman–Crippen LogP) is 3.95. The zero-order valence-electron chi connectivity index (χ0n) is 14.5. The number of benzene rings is 2. The Morgan fingerprint density at radius 3 is 2.44 bits per heavy atom. The highest BCUT2D eigenvalue weighted by Crippen LogP contribution is 2.27. The summed E-state index contributed by atoms with van der Waals surface area (Å²) < 4.78 is 19.6. The van der Waals surface area contributed by atoms with Gasteiger partial charge in [-0.2, -0.15) is 0 Å². The fraction of sp³-hybridized carbons (Fsp3) is 0.143. The standard InChI is InChI=1S/C21H18FN3O2/c22-19-10-4-3-8-17(19)14-27-21-18(9-5-11-23-21)20(24-26)25-12-15-6-1-2-7-16(15)13-25/h1-11,26H,12-14H2/b24-20-. The van der Waals surface area contributed by atoms with Crippen LogP contribution in [0.15, 0.2) is 72.0 Å². The molecule has 1 aliphatic heterocycles. The van der Waals surface area contributed by atoms with Crippen LogP contribution >= 0.6 is 0 Å². The molecule has 1 N–H and O–H groups in total. The molecular formula is C21H18FN3O2. The molecular weight excluding hydrogens is 345 g/mol. The van der Waals surface area contributed by atoms with Gasteiger partial charge in [0.1, 0.15) is 12.4 Å². The molecule has 0 aliphatic carbocycles. The number of hydrogen-bond donors (Lipinski definition) is 1. The van der Waals surface area contributed by atoms with E-state index in [-0.39, 0.29) is 12.4 Å². The van der Waals surface area contributed by atoms with Crippen molar-refractivity contribution >= 4 is 5.84 Å². The molecule has 2 aromatic carbocycles. The zero-order chi connectivity index (χ0) is 18.6. The van der Waals surface area contributed by atoms with Crippen molar-refractivity contribution < 1.29 is 14.3 Å². The van der Waals surface area contributed by atoms with E-state index in [0.717, 1.165) is 0 Å². The van der Waals surface area contributed by atoms with Gasteiger partial charge in [-0.3, -0.25) is 0 Å². The summed E-state index contributed by atoms with van der Waals surface area (Å²) in [6, 6.07) is 18.1. The molecule has 0 radical (unpaired) electrons. The Bertz CT molecular complexity index is 965. The number of hydrogen-bond acceptors (Lipinski definition) is 4. The Hall–Kier alpha value is -3.41. The number of oxime groups is 1. The SMILES string of the molecule is O/N=C(/c1cccnc1OCc1ccccc1F)N1Cc2ccccc2C1. The van der Waals surface area contributed by atoms with Crippen molar-refractivity contribution in [2.45, 2.75) is 19.7 Å². The molecule has 3 aromatic rings. The van der Waals surface area contributed by atoms with E-state index in [4.69, 9.17) is 4.74 Å². The Kier molecular flexibility index (Phi) is 4.70. The average molecular weight is 363 g/mol. The molecule has 0 atom stereocenters. The van der Waals surface area contributed by atoms with Crippen molar-refractivity contribution in [1.82, 2.24) is 9.88 Å². The van der Waals surface area contributed by atoms with Crippen molar-refractivity contribution in [3.63, 3.8) is 0 Å². The van der Waals surface area contributed by atoms with Gasteiger partial charge in [0.15, 0.2) is 5.84 Å². The fourth-order valence-electron chi connectivity index (χ4n) is 3.21. The summed E-state index contributed by atoms with van der Waals surface area (Å²) in [5.74, 6) is 0.341. The molecule has 0 bridgehead atoms. The first-order chi connectivity index (χ1) is 13.3. The lowest BCUT2D eigenvalue weighted by Gasteiger charge is -2.20. The van der Waals surface area contributed by atoms with Crippen molar-refractivity contribution in [1.29, 1.82) is 0 Å². The molecule has 1 aromatic heterocycles. The summed E-state index contributed by atoms with van der Waals surface area (Å²) >= 11 is 0. The lowest BCUT2D eigenvalue weighted by molar-refractivity contribution is 0.282. The number of pyridine rings is 1. The van der Waals surface area contributed by atoms with Gasteiger partial charge in [0.25, 0.3) is 0 Å². The number of halogens is 1. The summed E-state index contributed by atoms with van der Waals surface area (Å²) in [5.41, 5.74) is 3.38. The van der Waals surface area contributed by atoms with Crippen molar-refractivity contribution in [3.8, 4) is 5.88 Å². The summed E-state index contributed by atoms with van der Waals surface area (Å²) in [6.07, 6.45) is 1.59. The molecule has 0 spiro atoms. The highest BCUT2D eigenvalue weighted by molar-refractivity contribution is 6.00. The van der Waals surface area contributed by atoms with Crippen LogP contribution in [0, 0.1) is 5.82 Å². The van der Waals surface area contributed by atoms with E-state index in [0.29, 0.717) is 35.9 Å². The van der Waals surface area contributed by atoms with E-state index in [1.54, 1.807) is 36.5 Å². The van der Waals surface area contributed by atoms with Crippen molar-refractivity contribution in [2.24, 2.45) is 5.16 Å². The van der Waals surface area contributed by atoms with Crippen LogP contribution in [0.5, 0.6) is 5.88 Å². The van der Waals surface area contributed by atoms with Gasteiger partial charge in [-0.05, 0) is 29.3 Å². The molecule has 136 valence electrons. The maximum Gasteiger partial charge on any atom is 0.224 e. The molecule has 1 aliphatic rings. The average Bonchev–Trinajstić information content (AvgIpc) is 3.12. The second-order valence-electron chi connectivity index (χ2n) is 6.28. The monoisotopic (exact) mass is 363 g/mol. The molecule has 0 unspecified atom stereocenters. The van der Waals surface area contributed by atoms with Crippen LogP contribution in [0.25, 0.3) is 0 Å². The van der Waals surface area contributed by atoms with Gasteiger partial charge in [0.2, 0.25) is 5.88 Å². The van der Waals surface area contributed by atoms with Crippen LogP contribution in [0.1, 0.15) is 22.3 Å². The maximum atomic E-state index is 13.8. The zero-order valence-corrected chi connectivity index (χ0v) is 14.5. The van der Waals surface area contributed by atoms with Gasteiger partial charge in [-0.15, -0.1) is 0 Å². The summed E-state index contributed by atoms with van der Waals surface area (Å²) in [7, 11) is 0. The molecule has 4 rings (SSSR count). The molecule has 0 fully saturated rings. The quantitative estimate of drug-likeness (QED) is 0.330. The van der Waals surface area contributed by atoms with Crippen LogP contribution in [-0.2, 0) is 19.7 Å². The third kappa shape index (κ3) is 3.46. The molecule has 0 saturated carbocycles. The Morgan fingerprint density at radius 1 is 1.04 bits per heavy atom. The lowest BCUT2D eigenvalue weighted by atomic mass is 10.1. The van der Waals surface area contributed by atoms with Crippen LogP contribution in [-0.4, -0.2) is 20.9 Å². The number of rotatable bonds is 4. The Morgan fingerprint density at radius 2 is 1.74 bits per heavy atom. The van der Waals surface area contributed by atoms with Crippen LogP contribution in [0.3, 0.4) is 0 Å². The number of aromatic nitrogens is 1. The van der Waals surface area contributed by atoms with E-state index in [1.807, 2.05) is 17.0 Å². The van der Waals surface area contributed by atoms with Gasteiger partial charge in [0.05, 0.1) is 5.56 Å². The van der Waals surface area contributed by atoms with Gasteiger partial charge >= 0.3 is 0 Å². The van der Waals surface area contributed by atoms with E-state index in [1.165, 1.54) is 17.2 Å². The highest BCUT2D eigenvalue weighted by atomic mass is 19.1. The fourth-order valence-corrected chi connectivity index (χ4v) is 3.21. The smallest absolute Gasteiger partial charge is 0.224 e. The van der Waals surface area contributed by atoms with Gasteiger partial charge < -0.3 is 14.8 Å². The van der Waals surface area contributed by atoms with E-state index in [2.05, 4.69) is 22.3 Å². The third-order valence-corrected chi connectivity index (χ3v) is 4.57. The minimum absolute atomic E-state index is 0.0373. The number of fused-ring (bicyclic) bond motifs is 1. The van der Waals surface area contributed by atoms with E-state index >= 15 is 0 Å².